The monoisotopic (exact) mass is 211 g/mol. The molecule has 1 aromatic heterocycles. The number of pyridine rings is 1. The second kappa shape index (κ2) is 3.42. The van der Waals surface area contributed by atoms with Crippen molar-refractivity contribution < 1.29 is 4.74 Å². The fraction of sp³-hybridized carbons (Fsp3) is 0.214. The Bertz CT molecular complexity index is 503. The van der Waals surface area contributed by atoms with Crippen molar-refractivity contribution in [2.75, 3.05) is 6.61 Å². The topological polar surface area (TPSA) is 25.4 Å². The highest BCUT2D eigenvalue weighted by molar-refractivity contribution is 5.38. The maximum Gasteiger partial charge on any atom is 0.158 e. The zero-order chi connectivity index (χ0) is 11.0. The first-order valence-electron chi connectivity index (χ1n) is 5.44. The highest BCUT2D eigenvalue weighted by Gasteiger charge is 2.49. The number of ether oxygens (including phenoxy) is 1. The van der Waals surface area contributed by atoms with Gasteiger partial charge in [-0.2, -0.15) is 0 Å². The maximum absolute atomic E-state index is 5.66. The van der Waals surface area contributed by atoms with E-state index in [0.29, 0.717) is 0 Å². The van der Waals surface area contributed by atoms with Gasteiger partial charge in [-0.05, 0) is 24.6 Å². The fourth-order valence-corrected chi connectivity index (χ4v) is 2.03. The molecule has 1 aromatic carbocycles. The van der Waals surface area contributed by atoms with E-state index in [9.17, 15) is 0 Å². The molecule has 1 aliphatic rings. The van der Waals surface area contributed by atoms with Gasteiger partial charge in [-0.1, -0.05) is 35.9 Å². The molecule has 0 amide bonds. The Kier molecular flexibility index (Phi) is 2.04. The van der Waals surface area contributed by atoms with Crippen molar-refractivity contribution in [2.24, 2.45) is 0 Å². The lowest BCUT2D eigenvalue weighted by molar-refractivity contribution is 0.343. The van der Waals surface area contributed by atoms with Gasteiger partial charge in [0.05, 0.1) is 12.3 Å². The number of nitrogens with zero attached hydrogens (tertiary/aromatic N) is 1. The lowest BCUT2D eigenvalue weighted by atomic mass is 9.94. The van der Waals surface area contributed by atoms with Crippen LogP contribution in [0.1, 0.15) is 16.8 Å². The van der Waals surface area contributed by atoms with Gasteiger partial charge in [0.25, 0.3) is 0 Å². The third kappa shape index (κ3) is 1.42. The summed E-state index contributed by atoms with van der Waals surface area (Å²) in [5, 5.41) is 0. The zero-order valence-electron chi connectivity index (χ0n) is 9.18. The number of aromatic nitrogens is 1. The number of rotatable bonds is 2. The van der Waals surface area contributed by atoms with Crippen LogP contribution in [0.2, 0.25) is 0 Å². The van der Waals surface area contributed by atoms with Crippen LogP contribution in [0.15, 0.2) is 48.7 Å². The number of benzene rings is 1. The van der Waals surface area contributed by atoms with Crippen molar-refractivity contribution in [1.29, 1.82) is 0 Å². The van der Waals surface area contributed by atoms with Gasteiger partial charge in [-0.15, -0.1) is 0 Å². The third-order valence-corrected chi connectivity index (χ3v) is 3.00. The summed E-state index contributed by atoms with van der Waals surface area (Å²) in [6, 6.07) is 14.4. The summed E-state index contributed by atoms with van der Waals surface area (Å²) in [6.45, 7) is 2.82. The Morgan fingerprint density at radius 1 is 1.19 bits per heavy atom. The molecule has 0 spiro atoms. The van der Waals surface area contributed by atoms with Gasteiger partial charge in [0.1, 0.15) is 0 Å². The molecule has 2 aromatic rings. The van der Waals surface area contributed by atoms with Gasteiger partial charge in [-0.3, -0.25) is 4.98 Å². The Morgan fingerprint density at radius 3 is 2.69 bits per heavy atom. The van der Waals surface area contributed by atoms with Crippen LogP contribution in [0.4, 0.5) is 0 Å². The van der Waals surface area contributed by atoms with E-state index >= 15 is 0 Å². The minimum absolute atomic E-state index is 0.284. The largest absolute Gasteiger partial charge is 0.358 e. The van der Waals surface area contributed by atoms with E-state index in [4.69, 9.17) is 4.74 Å². The standard InChI is InChI=1S/C14H13NO/c1-11-5-4-6-12(9-11)14(10-16-14)13-7-2-3-8-15-13/h2-9H,10H2,1H3. The quantitative estimate of drug-likeness (QED) is 0.713. The molecule has 0 radical (unpaired) electrons. The van der Waals surface area contributed by atoms with Gasteiger partial charge in [-0.25, -0.2) is 0 Å². The molecule has 1 fully saturated rings. The predicted octanol–water partition coefficient (Wildman–Crippen LogP) is 2.66. The minimum Gasteiger partial charge on any atom is -0.358 e. The van der Waals surface area contributed by atoms with Crippen molar-refractivity contribution in [1.82, 2.24) is 4.98 Å². The van der Waals surface area contributed by atoms with Gasteiger partial charge in [0.15, 0.2) is 5.60 Å². The van der Waals surface area contributed by atoms with Crippen LogP contribution in [-0.2, 0) is 10.3 Å². The summed E-state index contributed by atoms with van der Waals surface area (Å²) >= 11 is 0. The van der Waals surface area contributed by atoms with Crippen molar-refractivity contribution in [3.8, 4) is 0 Å². The molecule has 3 rings (SSSR count). The van der Waals surface area contributed by atoms with Crippen LogP contribution in [0.5, 0.6) is 0 Å². The van der Waals surface area contributed by atoms with Crippen molar-refractivity contribution >= 4 is 0 Å². The molecular weight excluding hydrogens is 198 g/mol. The number of epoxide rings is 1. The smallest absolute Gasteiger partial charge is 0.158 e. The van der Waals surface area contributed by atoms with Crippen LogP contribution in [0.25, 0.3) is 0 Å². The highest BCUT2D eigenvalue weighted by Crippen LogP contribution is 2.44. The van der Waals surface area contributed by atoms with Gasteiger partial charge < -0.3 is 4.74 Å². The molecule has 0 aliphatic carbocycles. The molecule has 2 heterocycles. The number of hydrogen-bond donors (Lipinski definition) is 0. The summed E-state index contributed by atoms with van der Waals surface area (Å²) in [5.74, 6) is 0. The summed E-state index contributed by atoms with van der Waals surface area (Å²) in [6.07, 6.45) is 1.81. The lowest BCUT2D eigenvalue weighted by Crippen LogP contribution is -2.12. The lowest BCUT2D eigenvalue weighted by Gasteiger charge is -2.12. The Labute approximate surface area is 94.9 Å². The average Bonchev–Trinajstić information content (AvgIpc) is 3.11. The molecule has 0 bridgehead atoms. The minimum atomic E-state index is -0.284. The highest BCUT2D eigenvalue weighted by atomic mass is 16.6. The SMILES string of the molecule is Cc1cccc(C2(c3ccccn3)CO2)c1. The molecule has 16 heavy (non-hydrogen) atoms. The molecule has 1 unspecified atom stereocenters. The molecule has 80 valence electrons. The zero-order valence-corrected chi connectivity index (χ0v) is 9.18. The summed E-state index contributed by atoms with van der Waals surface area (Å²) in [5.41, 5.74) is 3.17. The van der Waals surface area contributed by atoms with E-state index in [2.05, 4.69) is 36.2 Å². The van der Waals surface area contributed by atoms with E-state index < -0.39 is 0 Å². The predicted molar refractivity (Wildman–Crippen MR) is 62.1 cm³/mol. The second-order valence-corrected chi connectivity index (χ2v) is 4.20. The Morgan fingerprint density at radius 2 is 2.06 bits per heavy atom. The molecule has 1 saturated heterocycles. The van der Waals surface area contributed by atoms with Crippen LogP contribution >= 0.6 is 0 Å². The van der Waals surface area contributed by atoms with Gasteiger partial charge in [0.2, 0.25) is 0 Å². The van der Waals surface area contributed by atoms with Crippen molar-refractivity contribution in [3.05, 3.63) is 65.5 Å². The normalized spacial score (nSPS) is 23.1. The molecule has 2 nitrogen and oxygen atoms in total. The summed E-state index contributed by atoms with van der Waals surface area (Å²) in [4.78, 5) is 4.39. The Hall–Kier alpha value is -1.67. The summed E-state index contributed by atoms with van der Waals surface area (Å²) < 4.78 is 5.66. The molecule has 0 N–H and O–H groups in total. The molecule has 1 aliphatic heterocycles. The fourth-order valence-electron chi connectivity index (χ4n) is 2.03. The first kappa shape index (κ1) is 9.55. The van der Waals surface area contributed by atoms with Crippen molar-refractivity contribution in [2.45, 2.75) is 12.5 Å². The number of aryl methyl sites for hydroxylation is 1. The van der Waals surface area contributed by atoms with Gasteiger partial charge >= 0.3 is 0 Å². The first-order valence-corrected chi connectivity index (χ1v) is 5.44. The van der Waals surface area contributed by atoms with E-state index in [1.807, 2.05) is 24.4 Å². The van der Waals surface area contributed by atoms with Crippen LogP contribution in [-0.4, -0.2) is 11.6 Å². The number of hydrogen-bond acceptors (Lipinski definition) is 2. The van der Waals surface area contributed by atoms with Crippen LogP contribution in [0, 0.1) is 6.92 Å². The average molecular weight is 211 g/mol. The third-order valence-electron chi connectivity index (χ3n) is 3.00. The second-order valence-electron chi connectivity index (χ2n) is 4.20. The summed E-state index contributed by atoms with van der Waals surface area (Å²) in [7, 11) is 0. The first-order chi connectivity index (χ1) is 7.81. The van der Waals surface area contributed by atoms with E-state index in [-0.39, 0.29) is 5.60 Å². The maximum atomic E-state index is 5.66. The van der Waals surface area contributed by atoms with Gasteiger partial charge in [0, 0.05) is 6.20 Å². The molecule has 0 saturated carbocycles. The molecular formula is C14H13NO. The van der Waals surface area contributed by atoms with Crippen LogP contribution in [0.3, 0.4) is 0 Å². The van der Waals surface area contributed by atoms with Crippen molar-refractivity contribution in [3.63, 3.8) is 0 Å². The molecule has 1 atom stereocenters. The van der Waals surface area contributed by atoms with E-state index in [0.717, 1.165) is 12.3 Å². The Balaban J connectivity index is 2.07. The van der Waals surface area contributed by atoms with Crippen LogP contribution < -0.4 is 0 Å². The molecule has 2 heteroatoms. The van der Waals surface area contributed by atoms with E-state index in [1.54, 1.807) is 0 Å². The van der Waals surface area contributed by atoms with E-state index in [1.165, 1.54) is 11.1 Å².